The summed E-state index contributed by atoms with van der Waals surface area (Å²) in [4.78, 5) is 33.9. The number of ketones is 1. The van der Waals surface area contributed by atoms with Crippen LogP contribution in [0.4, 0.5) is 0 Å². The first-order valence-corrected chi connectivity index (χ1v) is 11.3. The summed E-state index contributed by atoms with van der Waals surface area (Å²) in [6.45, 7) is 3.52. The van der Waals surface area contributed by atoms with Crippen LogP contribution in [0.3, 0.4) is 0 Å². The van der Waals surface area contributed by atoms with Crippen LogP contribution in [-0.2, 0) is 10.5 Å². The molecule has 2 heterocycles. The summed E-state index contributed by atoms with van der Waals surface area (Å²) in [6, 6.07) is 14.9. The van der Waals surface area contributed by atoms with Crippen molar-refractivity contribution in [2.45, 2.75) is 24.5 Å². The number of fused-ring (bicyclic) bond motifs is 1. The lowest BCUT2D eigenvalue weighted by Crippen LogP contribution is -2.15. The van der Waals surface area contributed by atoms with Gasteiger partial charge in [-0.05, 0) is 32.0 Å². The minimum Gasteiger partial charge on any atom is -0.454 e. The second-order valence-electron chi connectivity index (χ2n) is 6.81. The Morgan fingerprint density at radius 3 is 2.67 bits per heavy atom. The highest BCUT2D eigenvalue weighted by Crippen LogP contribution is 2.28. The van der Waals surface area contributed by atoms with Crippen LogP contribution >= 0.6 is 23.1 Å². The van der Waals surface area contributed by atoms with Crippen LogP contribution in [0.2, 0.25) is 0 Å². The minimum absolute atomic E-state index is 0.221. The number of thioether (sulfide) groups is 1. The number of hydrogen-bond acceptors (Lipinski definition) is 6. The quantitative estimate of drug-likeness (QED) is 0.233. The first-order valence-electron chi connectivity index (χ1n) is 9.43. The Hall–Kier alpha value is -2.90. The fraction of sp³-hybridized carbons (Fsp3) is 0.174. The summed E-state index contributed by atoms with van der Waals surface area (Å²) in [6.07, 6.45) is 0. The highest BCUT2D eigenvalue weighted by Gasteiger charge is 2.19. The molecule has 30 heavy (non-hydrogen) atoms. The third-order valence-corrected chi connectivity index (χ3v) is 6.59. The van der Waals surface area contributed by atoms with Gasteiger partial charge >= 0.3 is 5.97 Å². The zero-order chi connectivity index (χ0) is 21.1. The van der Waals surface area contributed by atoms with Gasteiger partial charge in [-0.15, -0.1) is 23.1 Å². The fourth-order valence-corrected chi connectivity index (χ4v) is 4.96. The van der Waals surface area contributed by atoms with Crippen molar-refractivity contribution < 1.29 is 14.3 Å². The smallest absolute Gasteiger partial charge is 0.339 e. The van der Waals surface area contributed by atoms with Crippen molar-refractivity contribution in [2.24, 2.45) is 0 Å². The molecule has 0 aliphatic heterocycles. The van der Waals surface area contributed by atoms with Crippen molar-refractivity contribution in [3.8, 4) is 0 Å². The van der Waals surface area contributed by atoms with Crippen molar-refractivity contribution in [1.29, 1.82) is 0 Å². The molecule has 0 spiro atoms. The standard InChI is InChI=1S/C23H20N2O3S2/c1-14-22(17-7-3-5-9-19(17)24-14)20(26)11-28-23(27)18-8-4-6-10-21(18)30-13-16-12-29-15(2)25-16/h3-10,12,24H,11,13H2,1-2H3. The normalized spacial score (nSPS) is 11.0. The van der Waals surface area contributed by atoms with Crippen molar-refractivity contribution >= 4 is 45.8 Å². The zero-order valence-corrected chi connectivity index (χ0v) is 18.2. The number of carbonyl (C=O) groups excluding carboxylic acids is 2. The number of nitrogens with one attached hydrogen (secondary N) is 1. The molecule has 2 aromatic carbocycles. The number of Topliss-reactive ketones (excluding diaryl/α,β-unsaturated/α-hetero) is 1. The number of thiazole rings is 1. The third-order valence-electron chi connectivity index (χ3n) is 4.66. The molecule has 0 saturated heterocycles. The molecule has 0 radical (unpaired) electrons. The Morgan fingerprint density at radius 1 is 1.10 bits per heavy atom. The van der Waals surface area contributed by atoms with Gasteiger partial charge in [-0.1, -0.05) is 30.3 Å². The lowest BCUT2D eigenvalue weighted by molar-refractivity contribution is 0.0471. The number of carbonyl (C=O) groups is 2. The van der Waals surface area contributed by atoms with Gasteiger partial charge in [0, 0.05) is 38.2 Å². The fourth-order valence-electron chi connectivity index (χ4n) is 3.30. The van der Waals surface area contributed by atoms with Gasteiger partial charge in [0.2, 0.25) is 5.78 Å². The third kappa shape index (κ3) is 4.32. The number of rotatable bonds is 7. The lowest BCUT2D eigenvalue weighted by Gasteiger charge is -2.09. The molecule has 0 saturated carbocycles. The molecule has 4 rings (SSSR count). The molecule has 4 aromatic rings. The number of ether oxygens (including phenoxy) is 1. The molecule has 0 bridgehead atoms. The number of aryl methyl sites for hydroxylation is 2. The van der Waals surface area contributed by atoms with Crippen molar-refractivity contribution in [3.63, 3.8) is 0 Å². The summed E-state index contributed by atoms with van der Waals surface area (Å²) < 4.78 is 5.39. The number of esters is 1. The second kappa shape index (κ2) is 8.85. The number of benzene rings is 2. The van der Waals surface area contributed by atoms with Crippen LogP contribution < -0.4 is 0 Å². The number of nitrogens with zero attached hydrogens (tertiary/aromatic N) is 1. The summed E-state index contributed by atoms with van der Waals surface area (Å²) >= 11 is 3.14. The SMILES string of the molecule is Cc1nc(CSc2ccccc2C(=O)OCC(=O)c2c(C)[nH]c3ccccc23)cs1. The Morgan fingerprint density at radius 2 is 1.87 bits per heavy atom. The van der Waals surface area contributed by atoms with E-state index in [0.29, 0.717) is 16.9 Å². The van der Waals surface area contributed by atoms with Crippen molar-refractivity contribution in [2.75, 3.05) is 6.61 Å². The van der Waals surface area contributed by atoms with Gasteiger partial charge in [-0.2, -0.15) is 0 Å². The van der Waals surface area contributed by atoms with Gasteiger partial charge in [-0.3, -0.25) is 4.79 Å². The highest BCUT2D eigenvalue weighted by atomic mass is 32.2. The van der Waals surface area contributed by atoms with Crippen LogP contribution in [-0.4, -0.2) is 28.3 Å². The Labute approximate surface area is 182 Å². The lowest BCUT2D eigenvalue weighted by atomic mass is 10.1. The predicted molar refractivity (Wildman–Crippen MR) is 121 cm³/mol. The largest absolute Gasteiger partial charge is 0.454 e. The predicted octanol–water partition coefficient (Wildman–Crippen LogP) is 5.57. The van der Waals surface area contributed by atoms with E-state index in [4.69, 9.17) is 4.74 Å². The van der Waals surface area contributed by atoms with E-state index in [1.54, 1.807) is 23.5 Å². The Kier molecular flexibility index (Phi) is 6.01. The van der Waals surface area contributed by atoms with Gasteiger partial charge in [0.05, 0.1) is 16.3 Å². The zero-order valence-electron chi connectivity index (χ0n) is 16.6. The number of aromatic nitrogens is 2. The molecule has 0 amide bonds. The molecule has 1 N–H and O–H groups in total. The van der Waals surface area contributed by atoms with Gasteiger partial charge in [-0.25, -0.2) is 9.78 Å². The summed E-state index contributed by atoms with van der Waals surface area (Å²) in [5.41, 5.74) is 3.67. The Balaban J connectivity index is 1.45. The monoisotopic (exact) mass is 436 g/mol. The van der Waals surface area contributed by atoms with Crippen molar-refractivity contribution in [1.82, 2.24) is 9.97 Å². The van der Waals surface area contributed by atoms with Crippen LogP contribution in [0.5, 0.6) is 0 Å². The molecule has 0 fully saturated rings. The van der Waals surface area contributed by atoms with E-state index in [-0.39, 0.29) is 12.4 Å². The first-order chi connectivity index (χ1) is 14.5. The van der Waals surface area contributed by atoms with Gasteiger partial charge in [0.1, 0.15) is 0 Å². The topological polar surface area (TPSA) is 72.0 Å². The van der Waals surface area contributed by atoms with Gasteiger partial charge in [0.25, 0.3) is 0 Å². The number of hydrogen-bond donors (Lipinski definition) is 1. The maximum Gasteiger partial charge on any atom is 0.339 e. The van der Waals surface area contributed by atoms with E-state index >= 15 is 0 Å². The number of H-pyrrole nitrogens is 1. The molecular formula is C23H20N2O3S2. The number of aromatic amines is 1. The minimum atomic E-state index is -0.501. The number of para-hydroxylation sites is 1. The molecule has 0 aliphatic carbocycles. The molecular weight excluding hydrogens is 416 g/mol. The van der Waals surface area contributed by atoms with E-state index in [1.807, 2.05) is 55.6 Å². The maximum absolute atomic E-state index is 12.8. The summed E-state index contributed by atoms with van der Waals surface area (Å²) in [5, 5.41) is 3.88. The average Bonchev–Trinajstić information content (AvgIpc) is 3.32. The average molecular weight is 437 g/mol. The Bertz CT molecular complexity index is 1230. The van der Waals surface area contributed by atoms with Crippen LogP contribution in [0.15, 0.2) is 58.8 Å². The molecule has 7 heteroatoms. The van der Waals surface area contributed by atoms with Gasteiger partial charge < -0.3 is 9.72 Å². The van der Waals surface area contributed by atoms with E-state index < -0.39 is 5.97 Å². The second-order valence-corrected chi connectivity index (χ2v) is 8.89. The van der Waals surface area contributed by atoms with Crippen LogP contribution in [0.1, 0.15) is 37.1 Å². The molecule has 0 unspecified atom stereocenters. The highest BCUT2D eigenvalue weighted by molar-refractivity contribution is 7.98. The van der Waals surface area contributed by atoms with E-state index in [1.165, 1.54) is 11.8 Å². The van der Waals surface area contributed by atoms with E-state index in [0.717, 1.165) is 32.2 Å². The van der Waals surface area contributed by atoms with Gasteiger partial charge in [0.15, 0.2) is 6.61 Å². The molecule has 152 valence electrons. The van der Waals surface area contributed by atoms with E-state index in [2.05, 4.69) is 9.97 Å². The summed E-state index contributed by atoms with van der Waals surface area (Å²) in [7, 11) is 0. The van der Waals surface area contributed by atoms with Crippen LogP contribution in [0, 0.1) is 13.8 Å². The molecule has 5 nitrogen and oxygen atoms in total. The molecule has 0 atom stereocenters. The molecule has 2 aromatic heterocycles. The van der Waals surface area contributed by atoms with Crippen molar-refractivity contribution in [3.05, 3.63) is 81.4 Å². The van der Waals surface area contributed by atoms with E-state index in [9.17, 15) is 9.59 Å². The summed E-state index contributed by atoms with van der Waals surface area (Å²) in [5.74, 6) is -0.0537. The first kappa shape index (κ1) is 20.4. The van der Waals surface area contributed by atoms with Crippen LogP contribution in [0.25, 0.3) is 10.9 Å². The molecule has 0 aliphatic rings. The maximum atomic E-state index is 12.8.